The van der Waals surface area contributed by atoms with Crippen molar-refractivity contribution in [2.24, 2.45) is 0 Å². The van der Waals surface area contributed by atoms with Crippen molar-refractivity contribution < 1.29 is 4.39 Å². The van der Waals surface area contributed by atoms with Crippen molar-refractivity contribution in [2.75, 3.05) is 0 Å². The van der Waals surface area contributed by atoms with Gasteiger partial charge < -0.3 is 5.32 Å². The molecule has 1 aromatic rings. The first-order valence-electron chi connectivity index (χ1n) is 6.93. The van der Waals surface area contributed by atoms with Crippen LogP contribution in [0.15, 0.2) is 18.2 Å². The van der Waals surface area contributed by atoms with Crippen LogP contribution in [0.1, 0.15) is 50.5 Å². The molecule has 1 fully saturated rings. The summed E-state index contributed by atoms with van der Waals surface area (Å²) in [6.45, 7) is 0.605. The highest BCUT2D eigenvalue weighted by Gasteiger charge is 2.11. The highest BCUT2D eigenvalue weighted by atomic mass is 35.5. The van der Waals surface area contributed by atoms with Gasteiger partial charge in [0.25, 0.3) is 0 Å². The van der Waals surface area contributed by atoms with Crippen molar-refractivity contribution in [3.05, 3.63) is 34.6 Å². The van der Waals surface area contributed by atoms with E-state index in [4.69, 9.17) is 11.6 Å². The van der Waals surface area contributed by atoms with Gasteiger partial charge in [0.2, 0.25) is 0 Å². The van der Waals surface area contributed by atoms with Gasteiger partial charge in [0.15, 0.2) is 0 Å². The number of benzene rings is 1. The molecule has 18 heavy (non-hydrogen) atoms. The maximum Gasteiger partial charge on any atom is 0.129 e. The van der Waals surface area contributed by atoms with Crippen LogP contribution >= 0.6 is 11.6 Å². The van der Waals surface area contributed by atoms with Crippen LogP contribution in [0.2, 0.25) is 5.02 Å². The quantitative estimate of drug-likeness (QED) is 0.840. The Bertz CT molecular complexity index is 373. The van der Waals surface area contributed by atoms with Crippen molar-refractivity contribution in [1.29, 1.82) is 0 Å². The monoisotopic (exact) mass is 269 g/mol. The molecule has 1 aliphatic rings. The summed E-state index contributed by atoms with van der Waals surface area (Å²) in [5.74, 6) is -0.208. The highest BCUT2D eigenvalue weighted by Crippen LogP contribution is 2.19. The molecule has 1 N–H and O–H groups in total. The fraction of sp³-hybridized carbons (Fsp3) is 0.600. The van der Waals surface area contributed by atoms with E-state index in [-0.39, 0.29) is 5.82 Å². The van der Waals surface area contributed by atoms with Gasteiger partial charge in [-0.05, 0) is 25.0 Å². The second kappa shape index (κ2) is 7.10. The molecule has 1 aromatic carbocycles. The third kappa shape index (κ3) is 4.25. The van der Waals surface area contributed by atoms with Crippen LogP contribution in [0.5, 0.6) is 0 Å². The molecule has 0 amide bonds. The van der Waals surface area contributed by atoms with Gasteiger partial charge in [-0.1, -0.05) is 49.8 Å². The Hall–Kier alpha value is -0.600. The number of hydrogen-bond donors (Lipinski definition) is 1. The predicted octanol–water partition coefficient (Wildman–Crippen LogP) is 4.68. The molecule has 0 spiro atoms. The van der Waals surface area contributed by atoms with Gasteiger partial charge in [0.05, 0.1) is 0 Å². The van der Waals surface area contributed by atoms with Gasteiger partial charge in [-0.2, -0.15) is 0 Å². The van der Waals surface area contributed by atoms with Gasteiger partial charge in [-0.15, -0.1) is 0 Å². The van der Waals surface area contributed by atoms with Crippen LogP contribution in [0.25, 0.3) is 0 Å². The molecule has 0 atom stereocenters. The minimum absolute atomic E-state index is 0.208. The first-order valence-corrected chi connectivity index (χ1v) is 7.31. The number of halogens is 2. The summed E-state index contributed by atoms with van der Waals surface area (Å²) in [7, 11) is 0. The second-order valence-corrected chi connectivity index (χ2v) is 5.60. The Morgan fingerprint density at radius 3 is 2.44 bits per heavy atom. The third-order valence-corrected chi connectivity index (χ3v) is 3.94. The third-order valence-electron chi connectivity index (χ3n) is 3.70. The average Bonchev–Trinajstić information content (AvgIpc) is 2.29. The van der Waals surface area contributed by atoms with E-state index < -0.39 is 0 Å². The molecule has 1 saturated carbocycles. The van der Waals surface area contributed by atoms with E-state index in [1.165, 1.54) is 51.0 Å². The minimum Gasteiger partial charge on any atom is -0.310 e. The van der Waals surface area contributed by atoms with E-state index >= 15 is 0 Å². The zero-order chi connectivity index (χ0) is 12.8. The lowest BCUT2D eigenvalue weighted by Crippen LogP contribution is -2.29. The summed E-state index contributed by atoms with van der Waals surface area (Å²) in [5, 5.41) is 3.94. The molecule has 3 heteroatoms. The molecule has 2 rings (SSSR count). The summed E-state index contributed by atoms with van der Waals surface area (Å²) in [6.07, 6.45) is 9.07. The fourth-order valence-corrected chi connectivity index (χ4v) is 2.74. The van der Waals surface area contributed by atoms with Crippen LogP contribution in [-0.4, -0.2) is 6.04 Å². The first-order chi connectivity index (χ1) is 8.75. The Morgan fingerprint density at radius 1 is 1.11 bits per heavy atom. The van der Waals surface area contributed by atoms with E-state index in [1.54, 1.807) is 12.1 Å². The summed E-state index contributed by atoms with van der Waals surface area (Å²) >= 11 is 5.75. The van der Waals surface area contributed by atoms with E-state index in [0.717, 1.165) is 0 Å². The van der Waals surface area contributed by atoms with Crippen molar-refractivity contribution in [3.63, 3.8) is 0 Å². The molecule has 0 aromatic heterocycles. The SMILES string of the molecule is Fc1cc(Cl)ccc1CNC1CCCCCCC1. The van der Waals surface area contributed by atoms with E-state index in [9.17, 15) is 4.39 Å². The zero-order valence-electron chi connectivity index (χ0n) is 10.7. The molecule has 0 heterocycles. The molecule has 1 aliphatic carbocycles. The maximum absolute atomic E-state index is 13.6. The van der Waals surface area contributed by atoms with Gasteiger partial charge in [0.1, 0.15) is 5.82 Å². The summed E-state index contributed by atoms with van der Waals surface area (Å²) in [6, 6.07) is 5.45. The number of nitrogens with one attached hydrogen (secondary N) is 1. The van der Waals surface area contributed by atoms with Crippen molar-refractivity contribution in [2.45, 2.75) is 57.5 Å². The lowest BCUT2D eigenvalue weighted by molar-refractivity contribution is 0.386. The molecule has 0 unspecified atom stereocenters. The maximum atomic E-state index is 13.6. The smallest absolute Gasteiger partial charge is 0.129 e. The van der Waals surface area contributed by atoms with Crippen LogP contribution in [-0.2, 0) is 6.54 Å². The molecule has 0 aliphatic heterocycles. The van der Waals surface area contributed by atoms with Gasteiger partial charge >= 0.3 is 0 Å². The summed E-state index contributed by atoms with van der Waals surface area (Å²) < 4.78 is 13.6. The Labute approximate surface area is 114 Å². The van der Waals surface area contributed by atoms with Gasteiger partial charge in [-0.3, -0.25) is 0 Å². The second-order valence-electron chi connectivity index (χ2n) is 5.16. The van der Waals surface area contributed by atoms with Crippen LogP contribution in [0, 0.1) is 5.82 Å². The van der Waals surface area contributed by atoms with Crippen molar-refractivity contribution in [3.8, 4) is 0 Å². The summed E-state index contributed by atoms with van der Waals surface area (Å²) in [4.78, 5) is 0. The molecule has 100 valence electrons. The van der Waals surface area contributed by atoms with Crippen LogP contribution < -0.4 is 5.32 Å². The fourth-order valence-electron chi connectivity index (χ4n) is 2.58. The highest BCUT2D eigenvalue weighted by molar-refractivity contribution is 6.30. The van der Waals surface area contributed by atoms with Crippen LogP contribution in [0.3, 0.4) is 0 Å². The van der Waals surface area contributed by atoms with Crippen molar-refractivity contribution >= 4 is 11.6 Å². The molecule has 1 nitrogen and oxygen atoms in total. The Kier molecular flexibility index (Phi) is 5.45. The normalized spacial score (nSPS) is 18.3. The molecule has 0 radical (unpaired) electrons. The van der Waals surface area contributed by atoms with Crippen molar-refractivity contribution in [1.82, 2.24) is 5.32 Å². The zero-order valence-corrected chi connectivity index (χ0v) is 11.5. The Morgan fingerprint density at radius 2 is 1.78 bits per heavy atom. The Balaban J connectivity index is 1.85. The first kappa shape index (κ1) is 13.8. The largest absolute Gasteiger partial charge is 0.310 e. The van der Waals surface area contributed by atoms with Crippen LogP contribution in [0.4, 0.5) is 4.39 Å². The molecular weight excluding hydrogens is 249 g/mol. The lowest BCUT2D eigenvalue weighted by Gasteiger charge is -2.21. The standard InChI is InChI=1S/C15H21ClFN/c16-13-9-8-12(15(17)10-13)11-18-14-6-4-2-1-3-5-7-14/h8-10,14,18H,1-7,11H2. The topological polar surface area (TPSA) is 12.0 Å². The molecule has 0 saturated heterocycles. The van der Waals surface area contributed by atoms with E-state index in [0.29, 0.717) is 23.2 Å². The molecule has 0 bridgehead atoms. The minimum atomic E-state index is -0.208. The molecular formula is C15H21ClFN. The predicted molar refractivity (Wildman–Crippen MR) is 74.4 cm³/mol. The average molecular weight is 270 g/mol. The summed E-state index contributed by atoms with van der Waals surface area (Å²) in [5.41, 5.74) is 0.710. The van der Waals surface area contributed by atoms with E-state index in [1.807, 2.05) is 0 Å². The number of rotatable bonds is 3. The lowest BCUT2D eigenvalue weighted by atomic mass is 9.96. The van der Waals surface area contributed by atoms with E-state index in [2.05, 4.69) is 5.32 Å². The van der Waals surface area contributed by atoms with Gasteiger partial charge in [-0.25, -0.2) is 4.39 Å². The number of hydrogen-bond acceptors (Lipinski definition) is 1. The van der Waals surface area contributed by atoms with Gasteiger partial charge in [0, 0.05) is 23.2 Å².